The first-order valence-electron chi connectivity index (χ1n) is 9.63. The van der Waals surface area contributed by atoms with Gasteiger partial charge in [0.15, 0.2) is 0 Å². The fraction of sp³-hybridized carbons (Fsp3) is 0.700. The highest BCUT2D eigenvalue weighted by Crippen LogP contribution is 2.41. The third-order valence-electron chi connectivity index (χ3n) is 6.12. The number of ether oxygens (including phenoxy) is 2. The Morgan fingerprint density at radius 3 is 2.92 bits per heavy atom. The van der Waals surface area contributed by atoms with E-state index in [1.807, 2.05) is 23.2 Å². The molecule has 1 unspecified atom stereocenters. The van der Waals surface area contributed by atoms with Crippen molar-refractivity contribution >= 4 is 5.91 Å². The van der Waals surface area contributed by atoms with Crippen molar-refractivity contribution in [3.63, 3.8) is 0 Å². The van der Waals surface area contributed by atoms with Gasteiger partial charge in [-0.25, -0.2) is 0 Å². The Bertz CT molecular complexity index is 580. The minimum absolute atomic E-state index is 0.153. The Balaban J connectivity index is 1.24. The topological polar surface area (TPSA) is 51.7 Å². The molecule has 0 N–H and O–H groups in total. The molecule has 3 aliphatic rings. The van der Waals surface area contributed by atoms with Crippen LogP contribution in [-0.2, 0) is 20.9 Å². The molecule has 1 amide bonds. The lowest BCUT2D eigenvalue weighted by Gasteiger charge is -2.50. The van der Waals surface area contributed by atoms with Crippen LogP contribution in [0.25, 0.3) is 0 Å². The molecule has 4 rings (SSSR count). The van der Waals surface area contributed by atoms with Gasteiger partial charge in [-0.1, -0.05) is 18.9 Å². The van der Waals surface area contributed by atoms with E-state index in [0.29, 0.717) is 31.0 Å². The summed E-state index contributed by atoms with van der Waals surface area (Å²) in [5.41, 5.74) is 0.942. The molecular formula is C20H28N2O3. The van der Waals surface area contributed by atoms with Gasteiger partial charge in [0.2, 0.25) is 5.91 Å². The van der Waals surface area contributed by atoms with Crippen LogP contribution in [0.5, 0.6) is 0 Å². The third kappa shape index (κ3) is 3.72. The lowest BCUT2D eigenvalue weighted by Crippen LogP contribution is -2.66. The van der Waals surface area contributed by atoms with Crippen LogP contribution in [0.2, 0.25) is 0 Å². The molecule has 1 aliphatic carbocycles. The van der Waals surface area contributed by atoms with Gasteiger partial charge in [-0.3, -0.25) is 9.78 Å². The third-order valence-corrected chi connectivity index (χ3v) is 6.12. The van der Waals surface area contributed by atoms with Crippen molar-refractivity contribution in [2.45, 2.75) is 50.7 Å². The predicted octanol–water partition coefficient (Wildman–Crippen LogP) is 2.80. The number of rotatable bonds is 6. The molecule has 1 aromatic rings. The van der Waals surface area contributed by atoms with Crippen LogP contribution in [0.3, 0.4) is 0 Å². The van der Waals surface area contributed by atoms with Crippen molar-refractivity contribution in [3.8, 4) is 0 Å². The van der Waals surface area contributed by atoms with Gasteiger partial charge in [-0.2, -0.15) is 0 Å². The maximum atomic E-state index is 12.5. The molecule has 1 aromatic heterocycles. The number of likely N-dealkylation sites (tertiary alicyclic amines) is 1. The summed E-state index contributed by atoms with van der Waals surface area (Å²) >= 11 is 0. The lowest BCUT2D eigenvalue weighted by molar-refractivity contribution is -0.169. The Morgan fingerprint density at radius 1 is 1.32 bits per heavy atom. The average molecular weight is 344 g/mol. The molecule has 5 nitrogen and oxygen atoms in total. The van der Waals surface area contributed by atoms with Gasteiger partial charge >= 0.3 is 0 Å². The van der Waals surface area contributed by atoms with Crippen LogP contribution in [0.15, 0.2) is 24.5 Å². The van der Waals surface area contributed by atoms with Gasteiger partial charge < -0.3 is 14.4 Å². The number of carbonyl (C=O) groups is 1. The highest BCUT2D eigenvalue weighted by molar-refractivity contribution is 5.77. The first-order chi connectivity index (χ1) is 12.3. The summed E-state index contributed by atoms with van der Waals surface area (Å²) in [6.07, 6.45) is 10.4. The maximum Gasteiger partial charge on any atom is 0.223 e. The van der Waals surface area contributed by atoms with Gasteiger partial charge in [-0.15, -0.1) is 0 Å². The smallest absolute Gasteiger partial charge is 0.223 e. The number of pyridine rings is 1. The second-order valence-corrected chi connectivity index (χ2v) is 7.88. The van der Waals surface area contributed by atoms with E-state index in [4.69, 9.17) is 9.47 Å². The van der Waals surface area contributed by atoms with E-state index in [1.165, 1.54) is 25.7 Å². The number of amides is 1. The standard InChI is InChI=1S/C20H28N2O3/c23-19(10-16-4-1-2-5-16)22-14-20(15-22)18(7-9-25-20)13-24-12-17-6-3-8-21-11-17/h3,6,8,11,16,18H,1-2,4-5,7,9-10,12-15H2. The molecule has 0 aromatic carbocycles. The zero-order valence-electron chi connectivity index (χ0n) is 14.9. The average Bonchev–Trinajstić information content (AvgIpc) is 3.24. The summed E-state index contributed by atoms with van der Waals surface area (Å²) in [6, 6.07) is 3.96. The highest BCUT2D eigenvalue weighted by atomic mass is 16.5. The molecule has 3 heterocycles. The molecule has 136 valence electrons. The minimum atomic E-state index is -0.153. The molecule has 1 atom stereocenters. The summed E-state index contributed by atoms with van der Waals surface area (Å²) in [7, 11) is 0. The van der Waals surface area contributed by atoms with Crippen molar-refractivity contribution in [1.82, 2.24) is 9.88 Å². The highest BCUT2D eigenvalue weighted by Gasteiger charge is 2.54. The number of hydrogen-bond donors (Lipinski definition) is 0. The van der Waals surface area contributed by atoms with Crippen LogP contribution in [0, 0.1) is 11.8 Å². The van der Waals surface area contributed by atoms with E-state index in [2.05, 4.69) is 4.98 Å². The molecular weight excluding hydrogens is 316 g/mol. The van der Waals surface area contributed by atoms with Gasteiger partial charge in [-0.05, 0) is 36.8 Å². The van der Waals surface area contributed by atoms with Crippen molar-refractivity contribution in [2.75, 3.05) is 26.3 Å². The van der Waals surface area contributed by atoms with Crippen molar-refractivity contribution in [1.29, 1.82) is 0 Å². The zero-order chi connectivity index (χ0) is 17.1. The maximum absolute atomic E-state index is 12.5. The number of carbonyl (C=O) groups excluding carboxylic acids is 1. The molecule has 25 heavy (non-hydrogen) atoms. The predicted molar refractivity (Wildman–Crippen MR) is 93.8 cm³/mol. The monoisotopic (exact) mass is 344 g/mol. The fourth-order valence-corrected chi connectivity index (χ4v) is 4.54. The Labute approximate surface area is 149 Å². The van der Waals surface area contributed by atoms with Crippen LogP contribution in [0.4, 0.5) is 0 Å². The molecule has 2 saturated heterocycles. The quantitative estimate of drug-likeness (QED) is 0.796. The van der Waals surface area contributed by atoms with E-state index >= 15 is 0 Å². The second-order valence-electron chi connectivity index (χ2n) is 7.88. The van der Waals surface area contributed by atoms with Crippen molar-refractivity contribution in [2.24, 2.45) is 11.8 Å². The van der Waals surface area contributed by atoms with Crippen molar-refractivity contribution < 1.29 is 14.3 Å². The number of hydrogen-bond acceptors (Lipinski definition) is 4. The summed E-state index contributed by atoms with van der Waals surface area (Å²) in [6.45, 7) is 3.56. The molecule has 0 radical (unpaired) electrons. The largest absolute Gasteiger partial charge is 0.376 e. The van der Waals surface area contributed by atoms with Gasteiger partial charge in [0.05, 0.1) is 26.3 Å². The van der Waals surface area contributed by atoms with Crippen LogP contribution < -0.4 is 0 Å². The summed E-state index contributed by atoms with van der Waals surface area (Å²) in [5.74, 6) is 1.33. The van der Waals surface area contributed by atoms with Gasteiger partial charge in [0, 0.05) is 31.3 Å². The first kappa shape index (κ1) is 17.0. The molecule has 1 spiro atoms. The summed E-state index contributed by atoms with van der Waals surface area (Å²) in [4.78, 5) is 18.6. The van der Waals surface area contributed by atoms with Crippen molar-refractivity contribution in [3.05, 3.63) is 30.1 Å². The normalized spacial score (nSPS) is 25.4. The molecule has 5 heteroatoms. The molecule has 2 aliphatic heterocycles. The number of nitrogens with zero attached hydrogens (tertiary/aromatic N) is 2. The van der Waals surface area contributed by atoms with E-state index in [0.717, 1.165) is 38.1 Å². The van der Waals surface area contributed by atoms with Gasteiger partial charge in [0.1, 0.15) is 5.60 Å². The SMILES string of the molecule is O=C(CC1CCCC1)N1CC2(C1)OCCC2COCc1cccnc1. The van der Waals surface area contributed by atoms with Crippen LogP contribution in [-0.4, -0.2) is 47.7 Å². The summed E-state index contributed by atoms with van der Waals surface area (Å²) < 4.78 is 12.0. The summed E-state index contributed by atoms with van der Waals surface area (Å²) in [5, 5.41) is 0. The lowest BCUT2D eigenvalue weighted by atomic mass is 9.81. The van der Waals surface area contributed by atoms with E-state index < -0.39 is 0 Å². The molecule has 1 saturated carbocycles. The number of aromatic nitrogens is 1. The fourth-order valence-electron chi connectivity index (χ4n) is 4.54. The minimum Gasteiger partial charge on any atom is -0.376 e. The van der Waals surface area contributed by atoms with E-state index in [1.54, 1.807) is 6.20 Å². The van der Waals surface area contributed by atoms with Gasteiger partial charge in [0.25, 0.3) is 0 Å². The van der Waals surface area contributed by atoms with E-state index in [9.17, 15) is 4.79 Å². The Morgan fingerprint density at radius 2 is 2.16 bits per heavy atom. The zero-order valence-corrected chi connectivity index (χ0v) is 14.9. The van der Waals surface area contributed by atoms with Crippen LogP contribution >= 0.6 is 0 Å². The second kappa shape index (κ2) is 7.42. The van der Waals surface area contributed by atoms with E-state index in [-0.39, 0.29) is 5.60 Å². The molecule has 3 fully saturated rings. The first-order valence-corrected chi connectivity index (χ1v) is 9.63. The molecule has 0 bridgehead atoms. The van der Waals surface area contributed by atoms with Crippen LogP contribution in [0.1, 0.15) is 44.1 Å². The Kier molecular flexibility index (Phi) is 5.04. The Hall–Kier alpha value is -1.46.